The van der Waals surface area contributed by atoms with E-state index in [4.69, 9.17) is 4.42 Å². The molecule has 0 N–H and O–H groups in total. The molecule has 69 heavy (non-hydrogen) atoms. The molecule has 0 fully saturated rings. The highest BCUT2D eigenvalue weighted by Crippen LogP contribution is 2.56. The fraction of sp³-hybridized carbons (Fsp3) is 0.169. The molecule has 0 amide bonds. The van der Waals surface area contributed by atoms with Crippen molar-refractivity contribution >= 4 is 68.1 Å². The summed E-state index contributed by atoms with van der Waals surface area (Å²) in [4.78, 5) is 5.28. The van der Waals surface area contributed by atoms with Gasteiger partial charge in [-0.3, -0.25) is 0 Å². The summed E-state index contributed by atoms with van der Waals surface area (Å²) in [5.41, 5.74) is 24.9. The van der Waals surface area contributed by atoms with Crippen LogP contribution in [0, 0.1) is 0 Å². The third kappa shape index (κ3) is 6.20. The monoisotopic (exact) mass is 890 g/mol. The zero-order valence-corrected chi connectivity index (χ0v) is 40.8. The molecular formula is C65H55BN2O. The number of anilines is 5. The maximum Gasteiger partial charge on any atom is 0.333 e. The Kier molecular flexibility index (Phi) is 8.88. The van der Waals surface area contributed by atoms with Gasteiger partial charge in [0.2, 0.25) is 0 Å². The van der Waals surface area contributed by atoms with Crippen molar-refractivity contribution in [3.8, 4) is 44.5 Å². The highest BCUT2D eigenvalue weighted by Gasteiger charge is 2.49. The van der Waals surface area contributed by atoms with Gasteiger partial charge in [-0.25, -0.2) is 0 Å². The van der Waals surface area contributed by atoms with Gasteiger partial charge in [0.1, 0.15) is 11.2 Å². The van der Waals surface area contributed by atoms with Crippen molar-refractivity contribution in [1.82, 2.24) is 0 Å². The van der Waals surface area contributed by atoms with Gasteiger partial charge in [0, 0.05) is 55.6 Å². The van der Waals surface area contributed by atoms with Crippen molar-refractivity contribution in [3.63, 3.8) is 0 Å². The molecule has 1 aliphatic carbocycles. The number of fused-ring (bicyclic) bond motifs is 11. The molecule has 3 aliphatic rings. The van der Waals surface area contributed by atoms with Crippen LogP contribution in [0.15, 0.2) is 192 Å². The van der Waals surface area contributed by atoms with Crippen molar-refractivity contribution < 1.29 is 4.42 Å². The van der Waals surface area contributed by atoms with Crippen LogP contribution in [0.3, 0.4) is 0 Å². The molecule has 1 aromatic heterocycles. The zero-order chi connectivity index (χ0) is 47.1. The first-order valence-electron chi connectivity index (χ1n) is 24.6. The minimum atomic E-state index is -0.212. The van der Waals surface area contributed by atoms with Crippen LogP contribution in [0.4, 0.5) is 28.4 Å². The predicted octanol–water partition coefficient (Wildman–Crippen LogP) is 16.5. The smallest absolute Gasteiger partial charge is 0.333 e. The molecular weight excluding hydrogens is 836 g/mol. The van der Waals surface area contributed by atoms with Crippen LogP contribution >= 0.6 is 0 Å². The molecule has 3 heterocycles. The Hall–Kier alpha value is -7.56. The van der Waals surface area contributed by atoms with Crippen LogP contribution in [0.25, 0.3) is 66.4 Å². The molecule has 0 spiro atoms. The van der Waals surface area contributed by atoms with Crippen molar-refractivity contribution in [2.75, 3.05) is 9.71 Å². The average Bonchev–Trinajstić information content (AvgIpc) is 3.84. The van der Waals surface area contributed by atoms with Crippen molar-refractivity contribution in [1.29, 1.82) is 0 Å². The van der Waals surface area contributed by atoms with Gasteiger partial charge in [-0.15, -0.1) is 0 Å². The number of nitrogens with zero attached hydrogens (tertiary/aromatic N) is 2. The van der Waals surface area contributed by atoms with Crippen molar-refractivity contribution in [2.45, 2.75) is 71.6 Å². The Morgan fingerprint density at radius 2 is 1.10 bits per heavy atom. The number of furan rings is 1. The van der Waals surface area contributed by atoms with Gasteiger partial charge < -0.3 is 14.1 Å². The van der Waals surface area contributed by atoms with Crippen LogP contribution in [-0.2, 0) is 16.2 Å². The van der Waals surface area contributed by atoms with Gasteiger partial charge in [-0.05, 0) is 126 Å². The molecule has 4 heteroatoms. The van der Waals surface area contributed by atoms with Crippen LogP contribution in [-0.4, -0.2) is 6.85 Å². The lowest BCUT2D eigenvalue weighted by Gasteiger charge is -2.46. The molecule has 2 aliphatic heterocycles. The highest BCUT2D eigenvalue weighted by atomic mass is 16.3. The minimum absolute atomic E-state index is 0.00722. The topological polar surface area (TPSA) is 19.6 Å². The molecule has 0 saturated heterocycles. The van der Waals surface area contributed by atoms with Crippen molar-refractivity contribution in [2.24, 2.45) is 0 Å². The van der Waals surface area contributed by atoms with Gasteiger partial charge in [-0.1, -0.05) is 189 Å². The number of hydrogen-bond acceptors (Lipinski definition) is 3. The van der Waals surface area contributed by atoms with E-state index in [0.29, 0.717) is 0 Å². The summed E-state index contributed by atoms with van der Waals surface area (Å²) in [6.45, 7) is 18.5. The maximum atomic E-state index is 7.21. The molecule has 0 bridgehead atoms. The van der Waals surface area contributed by atoms with E-state index in [-0.39, 0.29) is 23.1 Å². The summed E-state index contributed by atoms with van der Waals surface area (Å²) in [5, 5.41) is 2.23. The van der Waals surface area contributed by atoms with Crippen LogP contribution < -0.4 is 20.6 Å². The van der Waals surface area contributed by atoms with Gasteiger partial charge in [0.05, 0.1) is 5.69 Å². The molecule has 9 aromatic carbocycles. The highest BCUT2D eigenvalue weighted by molar-refractivity contribution is 6.94. The van der Waals surface area contributed by atoms with E-state index in [1.165, 1.54) is 77.9 Å². The molecule has 0 atom stereocenters. The fourth-order valence-corrected chi connectivity index (χ4v) is 11.9. The second-order valence-electron chi connectivity index (χ2n) is 22.1. The van der Waals surface area contributed by atoms with E-state index in [0.717, 1.165) is 50.1 Å². The summed E-state index contributed by atoms with van der Waals surface area (Å²) in [6, 6.07) is 70.8. The minimum Gasteiger partial charge on any atom is -0.455 e. The van der Waals surface area contributed by atoms with E-state index < -0.39 is 0 Å². The lowest BCUT2D eigenvalue weighted by Crippen LogP contribution is -2.61. The van der Waals surface area contributed by atoms with E-state index in [9.17, 15) is 0 Å². The molecule has 334 valence electrons. The van der Waals surface area contributed by atoms with Gasteiger partial charge >= 0.3 is 6.85 Å². The van der Waals surface area contributed by atoms with Crippen LogP contribution in [0.2, 0.25) is 0 Å². The number of benzene rings is 9. The molecule has 0 saturated carbocycles. The second-order valence-corrected chi connectivity index (χ2v) is 22.1. The Morgan fingerprint density at radius 1 is 0.449 bits per heavy atom. The lowest BCUT2D eigenvalue weighted by molar-refractivity contribution is 0.590. The fourth-order valence-electron chi connectivity index (χ4n) is 11.9. The normalized spacial score (nSPS) is 14.4. The largest absolute Gasteiger partial charge is 0.455 e. The van der Waals surface area contributed by atoms with E-state index >= 15 is 0 Å². The third-order valence-corrected chi connectivity index (χ3v) is 15.6. The number of para-hydroxylation sites is 1. The van der Waals surface area contributed by atoms with Crippen LogP contribution in [0.1, 0.15) is 77.6 Å². The molecule has 0 radical (unpaired) electrons. The number of rotatable bonds is 4. The van der Waals surface area contributed by atoms with E-state index in [1.54, 1.807) is 0 Å². The Morgan fingerprint density at radius 3 is 1.84 bits per heavy atom. The first-order chi connectivity index (χ1) is 33.3. The molecule has 10 aromatic rings. The van der Waals surface area contributed by atoms with Gasteiger partial charge in [0.15, 0.2) is 0 Å². The van der Waals surface area contributed by atoms with E-state index in [2.05, 4.69) is 253 Å². The van der Waals surface area contributed by atoms with Crippen molar-refractivity contribution in [3.05, 3.63) is 210 Å². The predicted molar refractivity (Wildman–Crippen MR) is 293 cm³/mol. The zero-order valence-electron chi connectivity index (χ0n) is 40.8. The molecule has 3 nitrogen and oxygen atoms in total. The van der Waals surface area contributed by atoms with Gasteiger partial charge in [0.25, 0.3) is 0 Å². The lowest BCUT2D eigenvalue weighted by atomic mass is 9.43. The Bertz CT molecular complexity index is 3720. The Balaban J connectivity index is 1.21. The summed E-state index contributed by atoms with van der Waals surface area (Å²) >= 11 is 0. The second kappa shape index (κ2) is 14.7. The number of hydrogen-bond donors (Lipinski definition) is 0. The Labute approximate surface area is 406 Å². The molecule has 0 unspecified atom stereocenters. The summed E-state index contributed by atoms with van der Waals surface area (Å²) in [6.07, 6.45) is 0. The first kappa shape index (κ1) is 41.6. The molecule has 13 rings (SSSR count). The standard InChI is InChI=1S/C65H55BN2O/c1-63(2,3)43-28-31-45(32-29-43)68-56-33-27-42(40-19-11-9-12-20-40)35-51(56)60-61-58(38-50-47-24-16-18-26-59(47)69-62(50)60)67(55-34-30-44(64(4,5)6)36-48(55)41-21-13-10-14-22-41)57-39-53-49(37-54(57)66(61)68)46-23-15-17-25-52(46)65(53,7)8/h9-39H,1-8H3. The summed E-state index contributed by atoms with van der Waals surface area (Å²) in [5.74, 6) is 0. The van der Waals surface area contributed by atoms with E-state index in [1.807, 2.05) is 0 Å². The quantitative estimate of drug-likeness (QED) is 0.164. The average molecular weight is 891 g/mol. The van der Waals surface area contributed by atoms with Gasteiger partial charge in [-0.2, -0.15) is 0 Å². The maximum absolute atomic E-state index is 7.21. The summed E-state index contributed by atoms with van der Waals surface area (Å²) < 4.78 is 7.21. The first-order valence-corrected chi connectivity index (χ1v) is 24.6. The summed E-state index contributed by atoms with van der Waals surface area (Å²) in [7, 11) is 0. The van der Waals surface area contributed by atoms with Crippen LogP contribution in [0.5, 0.6) is 0 Å². The SMILES string of the molecule is CC(C)(C)c1ccc(N2B3c4cc5c(cc4N(c4ccc(C(C)(C)C)cc4-c4ccccc4)c4cc6c(oc7ccccc76)c(c43)-c3cc(-c4ccccc4)ccc32)C(C)(C)c2ccccc2-5)cc1. The third-order valence-electron chi connectivity index (χ3n) is 15.6.